The Bertz CT molecular complexity index is 1360. The molecule has 2 aliphatic rings. The molecule has 0 spiro atoms. The maximum atomic E-state index is 10.8. The summed E-state index contributed by atoms with van der Waals surface area (Å²) in [5, 5.41) is 20.0. The molecular formula is C26H30N6O. The van der Waals surface area contributed by atoms with Crippen molar-refractivity contribution < 1.29 is 5.11 Å². The highest BCUT2D eigenvalue weighted by atomic mass is 16.3. The van der Waals surface area contributed by atoms with Crippen molar-refractivity contribution in [1.29, 1.82) is 0 Å². The number of aromatic nitrogens is 4. The van der Waals surface area contributed by atoms with Gasteiger partial charge in [0.1, 0.15) is 11.6 Å². The van der Waals surface area contributed by atoms with E-state index in [-0.39, 0.29) is 5.75 Å². The second-order valence-electron chi connectivity index (χ2n) is 9.86. The molecule has 7 heteroatoms. The minimum absolute atomic E-state index is 0.230. The molecule has 170 valence electrons. The van der Waals surface area contributed by atoms with E-state index >= 15 is 0 Å². The van der Waals surface area contributed by atoms with Gasteiger partial charge in [0.15, 0.2) is 0 Å². The van der Waals surface area contributed by atoms with Crippen LogP contribution in [0.3, 0.4) is 0 Å². The summed E-state index contributed by atoms with van der Waals surface area (Å²) in [5.41, 5.74) is 4.75. The first-order valence-electron chi connectivity index (χ1n) is 11.9. The van der Waals surface area contributed by atoms with Crippen LogP contribution in [0.1, 0.15) is 25.3 Å². The standard InChI is InChI=1S/C26H30N6O/c1-15-10-17(15)12-27-19-8-9-32(14-19)24-7-6-22-23(29-24)5-4-21(28-22)20-11-18-13-31(3)30-25(18)16(2)26(20)33/h4-7,11,13,15,17,19,27,33H,8-10,12,14H2,1-3H3/t15-,17?,19+/m1/s1. The first kappa shape index (κ1) is 20.4. The van der Waals surface area contributed by atoms with Crippen LogP contribution in [0.5, 0.6) is 5.75 Å². The van der Waals surface area contributed by atoms with E-state index in [0.717, 1.165) is 82.5 Å². The Balaban J connectivity index is 1.25. The van der Waals surface area contributed by atoms with E-state index in [4.69, 9.17) is 9.97 Å². The summed E-state index contributed by atoms with van der Waals surface area (Å²) in [6, 6.07) is 10.6. The number of phenolic OH excluding ortho intramolecular Hbond substituents is 1. The summed E-state index contributed by atoms with van der Waals surface area (Å²) in [5.74, 6) is 3.01. The number of aryl methyl sites for hydroxylation is 2. The number of nitrogens with zero attached hydrogens (tertiary/aromatic N) is 5. The molecule has 3 aromatic heterocycles. The van der Waals surface area contributed by atoms with Crippen LogP contribution in [0, 0.1) is 18.8 Å². The third-order valence-corrected chi connectivity index (χ3v) is 7.38. The number of phenols is 1. The third kappa shape index (κ3) is 3.70. The average Bonchev–Trinajstić information content (AvgIpc) is 3.17. The smallest absolute Gasteiger partial charge is 0.130 e. The van der Waals surface area contributed by atoms with Gasteiger partial charge in [-0.3, -0.25) is 4.68 Å². The van der Waals surface area contributed by atoms with Gasteiger partial charge in [-0.05, 0) is 68.5 Å². The highest BCUT2D eigenvalue weighted by molar-refractivity contribution is 5.91. The molecule has 0 radical (unpaired) electrons. The van der Waals surface area contributed by atoms with Gasteiger partial charge in [-0.15, -0.1) is 0 Å². The first-order valence-corrected chi connectivity index (χ1v) is 11.9. The number of hydrogen-bond acceptors (Lipinski definition) is 6. The molecule has 1 saturated carbocycles. The number of fused-ring (bicyclic) bond motifs is 2. The van der Waals surface area contributed by atoms with Crippen LogP contribution in [-0.2, 0) is 7.05 Å². The molecule has 1 aliphatic carbocycles. The fourth-order valence-electron chi connectivity index (χ4n) is 5.10. The Morgan fingerprint density at radius 2 is 1.94 bits per heavy atom. The summed E-state index contributed by atoms with van der Waals surface area (Å²) in [4.78, 5) is 12.1. The normalized spacial score (nSPS) is 22.5. The Morgan fingerprint density at radius 1 is 1.15 bits per heavy atom. The van der Waals surface area contributed by atoms with Crippen LogP contribution < -0.4 is 10.2 Å². The highest BCUT2D eigenvalue weighted by Gasteiger charge is 2.33. The van der Waals surface area contributed by atoms with Crippen LogP contribution in [-0.4, -0.2) is 50.5 Å². The van der Waals surface area contributed by atoms with Gasteiger partial charge in [0.25, 0.3) is 0 Å². The van der Waals surface area contributed by atoms with Crippen LogP contribution >= 0.6 is 0 Å². The van der Waals surface area contributed by atoms with Gasteiger partial charge in [0.2, 0.25) is 0 Å². The third-order valence-electron chi connectivity index (χ3n) is 7.38. The lowest BCUT2D eigenvalue weighted by Gasteiger charge is -2.18. The fourth-order valence-corrected chi connectivity index (χ4v) is 5.10. The number of anilines is 1. The van der Waals surface area contributed by atoms with Gasteiger partial charge < -0.3 is 15.3 Å². The second kappa shape index (κ2) is 7.70. The lowest BCUT2D eigenvalue weighted by molar-refractivity contribution is 0.474. The van der Waals surface area contributed by atoms with Crippen molar-refractivity contribution in [3.8, 4) is 17.0 Å². The second-order valence-corrected chi connectivity index (χ2v) is 9.86. The van der Waals surface area contributed by atoms with E-state index in [0.29, 0.717) is 6.04 Å². The van der Waals surface area contributed by atoms with Crippen LogP contribution in [0.25, 0.3) is 33.2 Å². The summed E-state index contributed by atoms with van der Waals surface area (Å²) >= 11 is 0. The van der Waals surface area contributed by atoms with Gasteiger partial charge in [-0.2, -0.15) is 5.10 Å². The Hall–Kier alpha value is -3.19. The Kier molecular flexibility index (Phi) is 4.76. The van der Waals surface area contributed by atoms with E-state index in [1.807, 2.05) is 44.4 Å². The largest absolute Gasteiger partial charge is 0.507 e. The number of benzene rings is 1. The molecular weight excluding hydrogens is 412 g/mol. The molecule has 0 bridgehead atoms. The van der Waals surface area contributed by atoms with Crippen molar-refractivity contribution in [2.75, 3.05) is 24.5 Å². The molecule has 1 unspecified atom stereocenters. The van der Waals surface area contributed by atoms with E-state index in [1.54, 1.807) is 4.68 Å². The van der Waals surface area contributed by atoms with E-state index in [1.165, 1.54) is 6.42 Å². The van der Waals surface area contributed by atoms with E-state index in [2.05, 4.69) is 28.3 Å². The molecule has 33 heavy (non-hydrogen) atoms. The average molecular weight is 443 g/mol. The van der Waals surface area contributed by atoms with Gasteiger partial charge >= 0.3 is 0 Å². The number of pyridine rings is 2. The quantitative estimate of drug-likeness (QED) is 0.486. The fraction of sp³-hybridized carbons (Fsp3) is 0.423. The highest BCUT2D eigenvalue weighted by Crippen LogP contribution is 2.38. The van der Waals surface area contributed by atoms with Gasteiger partial charge in [0, 0.05) is 48.9 Å². The molecule has 4 aromatic rings. The summed E-state index contributed by atoms with van der Waals surface area (Å²) in [7, 11) is 1.89. The van der Waals surface area contributed by atoms with Gasteiger partial charge in [0.05, 0.1) is 22.2 Å². The molecule has 7 nitrogen and oxygen atoms in total. The number of nitrogens with one attached hydrogen (secondary N) is 1. The predicted octanol–water partition coefficient (Wildman–Crippen LogP) is 4.02. The Labute approximate surface area is 193 Å². The molecule has 3 atom stereocenters. The number of aromatic hydroxyl groups is 1. The van der Waals surface area contributed by atoms with Crippen LogP contribution in [0.15, 0.2) is 36.5 Å². The first-order chi connectivity index (χ1) is 16.0. The monoisotopic (exact) mass is 442 g/mol. The van der Waals surface area contributed by atoms with Gasteiger partial charge in [-0.1, -0.05) is 6.92 Å². The van der Waals surface area contributed by atoms with Crippen molar-refractivity contribution in [2.45, 2.75) is 32.7 Å². The predicted molar refractivity (Wildman–Crippen MR) is 132 cm³/mol. The van der Waals surface area contributed by atoms with Gasteiger partial charge in [-0.25, -0.2) is 9.97 Å². The molecule has 1 saturated heterocycles. The van der Waals surface area contributed by atoms with E-state index in [9.17, 15) is 5.11 Å². The van der Waals surface area contributed by atoms with Crippen molar-refractivity contribution >= 4 is 27.8 Å². The lowest BCUT2D eigenvalue weighted by atomic mass is 10.0. The van der Waals surface area contributed by atoms with Crippen LogP contribution in [0.2, 0.25) is 0 Å². The number of rotatable bonds is 5. The summed E-state index contributed by atoms with van der Waals surface area (Å²) in [6.45, 7) is 7.41. The Morgan fingerprint density at radius 3 is 2.76 bits per heavy atom. The zero-order valence-electron chi connectivity index (χ0n) is 19.4. The molecule has 1 aromatic carbocycles. The van der Waals surface area contributed by atoms with Crippen molar-refractivity contribution in [3.05, 3.63) is 42.1 Å². The van der Waals surface area contributed by atoms with Crippen molar-refractivity contribution in [1.82, 2.24) is 25.1 Å². The minimum atomic E-state index is 0.230. The zero-order chi connectivity index (χ0) is 22.7. The molecule has 0 amide bonds. The SMILES string of the molecule is Cc1c(O)c(-c2ccc3nc(N4CC[C@H](NCC5C[C@H]5C)C4)ccc3n2)cc2cn(C)nc12. The maximum Gasteiger partial charge on any atom is 0.130 e. The molecule has 2 N–H and O–H groups in total. The minimum Gasteiger partial charge on any atom is -0.507 e. The summed E-state index contributed by atoms with van der Waals surface area (Å²) < 4.78 is 1.77. The lowest BCUT2D eigenvalue weighted by Crippen LogP contribution is -2.34. The molecule has 1 aliphatic heterocycles. The van der Waals surface area contributed by atoms with Crippen molar-refractivity contribution in [3.63, 3.8) is 0 Å². The number of hydrogen-bond donors (Lipinski definition) is 2. The maximum absolute atomic E-state index is 10.8. The van der Waals surface area contributed by atoms with Crippen LogP contribution in [0.4, 0.5) is 5.82 Å². The molecule has 4 heterocycles. The summed E-state index contributed by atoms with van der Waals surface area (Å²) in [6.07, 6.45) is 4.50. The topological polar surface area (TPSA) is 79.1 Å². The van der Waals surface area contributed by atoms with Crippen molar-refractivity contribution in [2.24, 2.45) is 18.9 Å². The zero-order valence-corrected chi connectivity index (χ0v) is 19.4. The molecule has 6 rings (SSSR count). The van der Waals surface area contributed by atoms with E-state index < -0.39 is 0 Å². The molecule has 2 fully saturated rings.